The molecule has 92 valence electrons. The van der Waals surface area contributed by atoms with Crippen LogP contribution in [0.25, 0.3) is 0 Å². The number of halogens is 1. The van der Waals surface area contributed by atoms with Gasteiger partial charge in [0.1, 0.15) is 0 Å². The molecular weight excluding hydrogens is 244 g/mol. The van der Waals surface area contributed by atoms with Gasteiger partial charge in [0, 0.05) is 0 Å². The fourth-order valence-corrected chi connectivity index (χ4v) is 1.76. The number of hydrogen-bond acceptors (Lipinski definition) is 4. The minimum atomic E-state index is -0.606. The van der Waals surface area contributed by atoms with Crippen molar-refractivity contribution in [1.29, 1.82) is 0 Å². The number of nitrogens with zero attached hydrogens (tertiary/aromatic N) is 1. The molecule has 7 heteroatoms. The van der Waals surface area contributed by atoms with Gasteiger partial charge in [0.2, 0.25) is 11.8 Å². The van der Waals surface area contributed by atoms with E-state index in [1.165, 1.54) is 4.90 Å². The maximum Gasteiger partial charge on any atom is 0.236 e. The predicted octanol–water partition coefficient (Wildman–Crippen LogP) is -0.301. The zero-order valence-electron chi connectivity index (χ0n) is 9.02. The Morgan fingerprint density at radius 2 is 1.71 bits per heavy atom. The summed E-state index contributed by atoms with van der Waals surface area (Å²) in [7, 11) is 0. The van der Waals surface area contributed by atoms with Crippen LogP contribution < -0.4 is 22.1 Å². The van der Waals surface area contributed by atoms with Crippen molar-refractivity contribution in [3.05, 3.63) is 23.2 Å². The van der Waals surface area contributed by atoms with E-state index in [4.69, 9.17) is 28.8 Å². The Labute approximate surface area is 103 Å². The van der Waals surface area contributed by atoms with E-state index < -0.39 is 11.8 Å². The lowest BCUT2D eigenvalue weighted by Gasteiger charge is -2.24. The molecule has 0 heterocycles. The second-order valence-corrected chi connectivity index (χ2v) is 3.87. The molecule has 0 aliphatic rings. The SMILES string of the molecule is NC(=O)CN(CC(N)=O)c1c(N)cccc1Cl. The Morgan fingerprint density at radius 3 is 2.12 bits per heavy atom. The summed E-state index contributed by atoms with van der Waals surface area (Å²) < 4.78 is 0. The lowest BCUT2D eigenvalue weighted by atomic mass is 10.2. The number of hydrogen-bond donors (Lipinski definition) is 3. The number of para-hydroxylation sites is 1. The van der Waals surface area contributed by atoms with Crippen LogP contribution in [0.1, 0.15) is 0 Å². The minimum absolute atomic E-state index is 0.184. The number of amides is 2. The Hall–Kier alpha value is -1.95. The summed E-state index contributed by atoms with van der Waals surface area (Å²) in [5.74, 6) is -1.21. The molecule has 0 radical (unpaired) electrons. The molecule has 0 fully saturated rings. The molecule has 0 saturated carbocycles. The quantitative estimate of drug-likeness (QED) is 0.627. The fourth-order valence-electron chi connectivity index (χ4n) is 1.46. The van der Waals surface area contributed by atoms with Crippen LogP contribution in [0.2, 0.25) is 5.02 Å². The Bertz CT molecular complexity index is 414. The van der Waals surface area contributed by atoms with E-state index in [1.54, 1.807) is 18.2 Å². The molecule has 1 aromatic rings. The Balaban J connectivity index is 3.11. The molecule has 0 bridgehead atoms. The Morgan fingerprint density at radius 1 is 1.18 bits per heavy atom. The smallest absolute Gasteiger partial charge is 0.236 e. The van der Waals surface area contributed by atoms with Crippen LogP contribution in [-0.2, 0) is 9.59 Å². The van der Waals surface area contributed by atoms with E-state index in [9.17, 15) is 9.59 Å². The van der Waals surface area contributed by atoms with Gasteiger partial charge in [-0.2, -0.15) is 0 Å². The number of rotatable bonds is 5. The van der Waals surface area contributed by atoms with Gasteiger partial charge >= 0.3 is 0 Å². The van der Waals surface area contributed by atoms with Gasteiger partial charge in [0.05, 0.1) is 29.5 Å². The molecule has 0 atom stereocenters. The molecule has 1 aromatic carbocycles. The molecule has 0 aliphatic heterocycles. The van der Waals surface area contributed by atoms with Crippen molar-refractivity contribution in [3.8, 4) is 0 Å². The lowest BCUT2D eigenvalue weighted by molar-refractivity contribution is -0.117. The fraction of sp³-hybridized carbons (Fsp3) is 0.200. The number of nitrogen functional groups attached to an aromatic ring is 1. The highest BCUT2D eigenvalue weighted by molar-refractivity contribution is 6.34. The molecule has 0 aromatic heterocycles. The van der Waals surface area contributed by atoms with Gasteiger partial charge in [-0.05, 0) is 12.1 Å². The van der Waals surface area contributed by atoms with Crippen molar-refractivity contribution < 1.29 is 9.59 Å². The van der Waals surface area contributed by atoms with Gasteiger partial charge in [-0.3, -0.25) is 9.59 Å². The van der Waals surface area contributed by atoms with E-state index in [0.717, 1.165) is 0 Å². The second-order valence-electron chi connectivity index (χ2n) is 3.47. The van der Waals surface area contributed by atoms with Crippen LogP contribution in [0.5, 0.6) is 0 Å². The first-order valence-electron chi connectivity index (χ1n) is 4.77. The molecule has 6 N–H and O–H groups in total. The lowest BCUT2D eigenvalue weighted by Crippen LogP contribution is -2.40. The summed E-state index contributed by atoms with van der Waals surface area (Å²) in [5, 5.41) is 0.326. The number of nitrogens with two attached hydrogens (primary N) is 3. The Kier molecular flexibility index (Phi) is 4.17. The third-order valence-corrected chi connectivity index (χ3v) is 2.33. The highest BCUT2D eigenvalue weighted by Crippen LogP contribution is 2.31. The third kappa shape index (κ3) is 3.53. The molecule has 6 nitrogen and oxygen atoms in total. The van der Waals surface area contributed by atoms with E-state index in [2.05, 4.69) is 0 Å². The zero-order chi connectivity index (χ0) is 13.0. The van der Waals surface area contributed by atoms with Crippen molar-refractivity contribution in [3.63, 3.8) is 0 Å². The van der Waals surface area contributed by atoms with Crippen molar-refractivity contribution in [2.45, 2.75) is 0 Å². The summed E-state index contributed by atoms with van der Waals surface area (Å²) in [4.78, 5) is 23.2. The van der Waals surface area contributed by atoms with Crippen molar-refractivity contribution >= 4 is 34.8 Å². The number of anilines is 2. The monoisotopic (exact) mass is 256 g/mol. The summed E-state index contributed by atoms with van der Waals surface area (Å²) in [6.07, 6.45) is 0. The van der Waals surface area contributed by atoms with Crippen LogP contribution in [0, 0.1) is 0 Å². The van der Waals surface area contributed by atoms with Gasteiger partial charge in [0.25, 0.3) is 0 Å². The van der Waals surface area contributed by atoms with E-state index in [1.807, 2.05) is 0 Å². The standard InChI is InChI=1S/C10H13ClN4O2/c11-6-2-1-3-7(12)10(6)15(4-8(13)16)5-9(14)17/h1-3H,4-5,12H2,(H2,13,16)(H2,14,17). The molecule has 17 heavy (non-hydrogen) atoms. The number of benzene rings is 1. The van der Waals surface area contributed by atoms with Crippen LogP contribution in [0.4, 0.5) is 11.4 Å². The average Bonchev–Trinajstić information content (AvgIpc) is 2.14. The van der Waals surface area contributed by atoms with Crippen LogP contribution in [-0.4, -0.2) is 24.9 Å². The first-order valence-corrected chi connectivity index (χ1v) is 5.15. The maximum atomic E-state index is 10.9. The average molecular weight is 257 g/mol. The van der Waals surface area contributed by atoms with Crippen LogP contribution >= 0.6 is 11.6 Å². The summed E-state index contributed by atoms with van der Waals surface area (Å²) in [6.45, 7) is -0.367. The molecule has 2 amide bonds. The molecule has 1 rings (SSSR count). The number of primary amides is 2. The largest absolute Gasteiger partial charge is 0.397 e. The predicted molar refractivity (Wildman–Crippen MR) is 66.5 cm³/mol. The topological polar surface area (TPSA) is 115 Å². The normalized spacial score (nSPS) is 9.94. The highest BCUT2D eigenvalue weighted by Gasteiger charge is 2.17. The van der Waals surface area contributed by atoms with Gasteiger partial charge in [-0.15, -0.1) is 0 Å². The molecule has 0 aliphatic carbocycles. The first-order chi connectivity index (χ1) is 7.91. The van der Waals surface area contributed by atoms with Gasteiger partial charge < -0.3 is 22.1 Å². The number of carbonyl (C=O) groups excluding carboxylic acids is 2. The minimum Gasteiger partial charge on any atom is -0.397 e. The third-order valence-electron chi connectivity index (χ3n) is 2.03. The molecule has 0 unspecified atom stereocenters. The highest BCUT2D eigenvalue weighted by atomic mass is 35.5. The van der Waals surface area contributed by atoms with Gasteiger partial charge in [-0.1, -0.05) is 17.7 Å². The van der Waals surface area contributed by atoms with Crippen molar-refractivity contribution in [1.82, 2.24) is 0 Å². The number of carbonyl (C=O) groups is 2. The van der Waals surface area contributed by atoms with Gasteiger partial charge in [-0.25, -0.2) is 0 Å². The van der Waals surface area contributed by atoms with Crippen molar-refractivity contribution in [2.75, 3.05) is 23.7 Å². The first kappa shape index (κ1) is 13.1. The maximum absolute atomic E-state index is 10.9. The summed E-state index contributed by atoms with van der Waals surface area (Å²) in [6, 6.07) is 4.87. The van der Waals surface area contributed by atoms with E-state index in [-0.39, 0.29) is 13.1 Å². The molecular formula is C10H13ClN4O2. The van der Waals surface area contributed by atoms with Crippen LogP contribution in [0.3, 0.4) is 0 Å². The van der Waals surface area contributed by atoms with Crippen molar-refractivity contribution in [2.24, 2.45) is 11.5 Å². The summed E-state index contributed by atoms with van der Waals surface area (Å²) >= 11 is 5.97. The zero-order valence-corrected chi connectivity index (χ0v) is 9.78. The molecule has 0 saturated heterocycles. The summed E-state index contributed by atoms with van der Waals surface area (Å²) in [5.41, 5.74) is 16.7. The van der Waals surface area contributed by atoms with Gasteiger partial charge in [0.15, 0.2) is 0 Å². The van der Waals surface area contributed by atoms with E-state index in [0.29, 0.717) is 16.4 Å². The molecule has 0 spiro atoms. The van der Waals surface area contributed by atoms with E-state index >= 15 is 0 Å². The van der Waals surface area contributed by atoms with Crippen LogP contribution in [0.15, 0.2) is 18.2 Å². The second kappa shape index (κ2) is 5.40.